The SMILES string of the molecule is Cc1nc2c(c3[nH]c4ccccc4c13)/C(=N/N(C)C)CC(C)(C)C2. The largest absolute Gasteiger partial charge is 0.354 e. The highest BCUT2D eigenvalue weighted by atomic mass is 15.4. The average molecular weight is 320 g/mol. The highest BCUT2D eigenvalue weighted by Crippen LogP contribution is 2.39. The fourth-order valence-corrected chi connectivity index (χ4v) is 3.99. The summed E-state index contributed by atoms with van der Waals surface area (Å²) in [5.41, 5.74) is 7.15. The molecule has 0 bridgehead atoms. The predicted molar refractivity (Wildman–Crippen MR) is 101 cm³/mol. The third-order valence-corrected chi connectivity index (χ3v) is 4.81. The van der Waals surface area contributed by atoms with Crippen molar-refractivity contribution < 1.29 is 0 Å². The molecule has 4 nitrogen and oxygen atoms in total. The van der Waals surface area contributed by atoms with Gasteiger partial charge in [-0.15, -0.1) is 0 Å². The van der Waals surface area contributed by atoms with Crippen molar-refractivity contribution in [2.45, 2.75) is 33.6 Å². The zero-order valence-corrected chi connectivity index (χ0v) is 15.1. The number of nitrogens with one attached hydrogen (secondary N) is 1. The summed E-state index contributed by atoms with van der Waals surface area (Å²) in [5, 5.41) is 9.19. The number of nitrogens with zero attached hydrogens (tertiary/aromatic N) is 3. The van der Waals surface area contributed by atoms with E-state index in [0.29, 0.717) is 0 Å². The number of H-pyrrole nitrogens is 1. The van der Waals surface area contributed by atoms with E-state index in [9.17, 15) is 0 Å². The molecular formula is C20H24N4. The number of pyridine rings is 1. The highest BCUT2D eigenvalue weighted by molar-refractivity contribution is 6.18. The van der Waals surface area contributed by atoms with Gasteiger partial charge in [-0.2, -0.15) is 5.10 Å². The van der Waals surface area contributed by atoms with Gasteiger partial charge in [-0.3, -0.25) is 4.98 Å². The molecule has 1 aromatic carbocycles. The standard InChI is InChI=1S/C20H24N4/c1-12-17-13-8-6-7-9-14(13)22-19(17)18-15(21-12)10-20(2,3)11-16(18)23-24(4)5/h6-9,22H,10-11H2,1-5H3/b23-16+. The number of rotatable bonds is 1. The van der Waals surface area contributed by atoms with Crippen LogP contribution >= 0.6 is 0 Å². The molecule has 124 valence electrons. The maximum absolute atomic E-state index is 5.00. The quantitative estimate of drug-likeness (QED) is 0.681. The summed E-state index contributed by atoms with van der Waals surface area (Å²) in [6, 6.07) is 8.47. The van der Waals surface area contributed by atoms with E-state index >= 15 is 0 Å². The molecule has 0 fully saturated rings. The Balaban J connectivity index is 2.12. The van der Waals surface area contributed by atoms with Crippen molar-refractivity contribution in [1.29, 1.82) is 0 Å². The van der Waals surface area contributed by atoms with E-state index in [-0.39, 0.29) is 5.41 Å². The number of hydrogen-bond acceptors (Lipinski definition) is 3. The number of aryl methyl sites for hydroxylation is 1. The van der Waals surface area contributed by atoms with E-state index in [0.717, 1.165) is 24.2 Å². The smallest absolute Gasteiger partial charge is 0.0722 e. The summed E-state index contributed by atoms with van der Waals surface area (Å²) in [5.74, 6) is 0. The van der Waals surface area contributed by atoms with Crippen molar-refractivity contribution in [3.8, 4) is 0 Å². The number of fused-ring (bicyclic) bond motifs is 5. The number of para-hydroxylation sites is 1. The second kappa shape index (κ2) is 5.07. The normalized spacial score (nSPS) is 18.3. The van der Waals surface area contributed by atoms with Crippen molar-refractivity contribution in [3.05, 3.63) is 41.2 Å². The molecule has 0 radical (unpaired) electrons. The van der Waals surface area contributed by atoms with Crippen LogP contribution in [0.3, 0.4) is 0 Å². The van der Waals surface area contributed by atoms with E-state index in [1.165, 1.54) is 33.1 Å². The monoisotopic (exact) mass is 320 g/mol. The second-order valence-corrected chi connectivity index (χ2v) is 7.85. The van der Waals surface area contributed by atoms with Crippen LogP contribution in [0.2, 0.25) is 0 Å². The molecule has 0 spiro atoms. The van der Waals surface area contributed by atoms with E-state index < -0.39 is 0 Å². The molecule has 3 aromatic rings. The molecule has 0 atom stereocenters. The predicted octanol–water partition coefficient (Wildman–Crippen LogP) is 4.26. The molecule has 0 saturated carbocycles. The summed E-state index contributed by atoms with van der Waals surface area (Å²) in [6.45, 7) is 6.72. The first-order valence-electron chi connectivity index (χ1n) is 8.51. The van der Waals surface area contributed by atoms with Crippen LogP contribution in [0.4, 0.5) is 0 Å². The van der Waals surface area contributed by atoms with Gasteiger partial charge >= 0.3 is 0 Å². The molecule has 2 heterocycles. The molecular weight excluding hydrogens is 296 g/mol. The molecule has 1 aliphatic rings. The van der Waals surface area contributed by atoms with Gasteiger partial charge in [-0.25, -0.2) is 0 Å². The maximum atomic E-state index is 5.00. The number of aromatic amines is 1. The van der Waals surface area contributed by atoms with Gasteiger partial charge in [-0.1, -0.05) is 32.0 Å². The Labute approximate surface area is 142 Å². The van der Waals surface area contributed by atoms with Gasteiger partial charge in [0.2, 0.25) is 0 Å². The molecule has 0 amide bonds. The Morgan fingerprint density at radius 3 is 2.67 bits per heavy atom. The maximum Gasteiger partial charge on any atom is 0.0722 e. The molecule has 24 heavy (non-hydrogen) atoms. The van der Waals surface area contributed by atoms with Crippen LogP contribution in [0.5, 0.6) is 0 Å². The number of hydrogen-bond donors (Lipinski definition) is 1. The van der Waals surface area contributed by atoms with Crippen molar-refractivity contribution in [2.75, 3.05) is 14.1 Å². The van der Waals surface area contributed by atoms with Crippen molar-refractivity contribution in [3.63, 3.8) is 0 Å². The summed E-state index contributed by atoms with van der Waals surface area (Å²) in [4.78, 5) is 8.64. The summed E-state index contributed by atoms with van der Waals surface area (Å²) < 4.78 is 0. The minimum Gasteiger partial charge on any atom is -0.354 e. The van der Waals surface area contributed by atoms with Crippen molar-refractivity contribution in [2.24, 2.45) is 10.5 Å². The Hall–Kier alpha value is -2.36. The highest BCUT2D eigenvalue weighted by Gasteiger charge is 2.33. The zero-order valence-electron chi connectivity index (χ0n) is 15.1. The van der Waals surface area contributed by atoms with Crippen molar-refractivity contribution >= 4 is 27.5 Å². The number of hydrazone groups is 1. The van der Waals surface area contributed by atoms with Crippen LogP contribution in [0, 0.1) is 12.3 Å². The topological polar surface area (TPSA) is 44.3 Å². The van der Waals surface area contributed by atoms with E-state index in [2.05, 4.69) is 50.0 Å². The van der Waals surface area contributed by atoms with Crippen LogP contribution in [0.25, 0.3) is 21.8 Å². The molecule has 0 saturated heterocycles. The lowest BCUT2D eigenvalue weighted by molar-refractivity contribution is 0.359. The van der Waals surface area contributed by atoms with Crippen LogP contribution in [0.1, 0.15) is 37.2 Å². The van der Waals surface area contributed by atoms with E-state index in [1.807, 2.05) is 19.1 Å². The van der Waals surface area contributed by atoms with Crippen LogP contribution in [-0.4, -0.2) is 34.8 Å². The first kappa shape index (κ1) is 15.2. The third-order valence-electron chi connectivity index (χ3n) is 4.81. The molecule has 1 aliphatic carbocycles. The third kappa shape index (κ3) is 2.29. The minimum atomic E-state index is 0.182. The van der Waals surface area contributed by atoms with Gasteiger partial charge in [0.05, 0.1) is 16.9 Å². The van der Waals surface area contributed by atoms with E-state index in [4.69, 9.17) is 10.1 Å². The summed E-state index contributed by atoms with van der Waals surface area (Å²) >= 11 is 0. The molecule has 1 N–H and O–H groups in total. The lowest BCUT2D eigenvalue weighted by atomic mass is 9.74. The van der Waals surface area contributed by atoms with Gasteiger partial charge in [0.1, 0.15) is 0 Å². The number of aromatic nitrogens is 2. The fourth-order valence-electron chi connectivity index (χ4n) is 3.99. The van der Waals surface area contributed by atoms with Gasteiger partial charge in [-0.05, 0) is 31.2 Å². The summed E-state index contributed by atoms with van der Waals surface area (Å²) in [6.07, 6.45) is 1.95. The second-order valence-electron chi connectivity index (χ2n) is 7.85. The van der Waals surface area contributed by atoms with Gasteiger partial charge in [0, 0.05) is 41.6 Å². The lowest BCUT2D eigenvalue weighted by Gasteiger charge is -2.32. The summed E-state index contributed by atoms with van der Waals surface area (Å²) in [7, 11) is 3.97. The average Bonchev–Trinajstić information content (AvgIpc) is 2.84. The Morgan fingerprint density at radius 2 is 1.92 bits per heavy atom. The van der Waals surface area contributed by atoms with Gasteiger partial charge in [0.25, 0.3) is 0 Å². The molecule has 0 unspecified atom stereocenters. The van der Waals surface area contributed by atoms with Crippen LogP contribution < -0.4 is 0 Å². The first-order valence-corrected chi connectivity index (χ1v) is 8.51. The van der Waals surface area contributed by atoms with E-state index in [1.54, 1.807) is 0 Å². The lowest BCUT2D eigenvalue weighted by Crippen LogP contribution is -2.30. The number of benzene rings is 1. The van der Waals surface area contributed by atoms with Gasteiger partial charge < -0.3 is 9.99 Å². The minimum absolute atomic E-state index is 0.182. The zero-order chi connectivity index (χ0) is 17.1. The molecule has 4 heteroatoms. The Morgan fingerprint density at radius 1 is 1.17 bits per heavy atom. The molecule has 0 aliphatic heterocycles. The van der Waals surface area contributed by atoms with Crippen LogP contribution in [0.15, 0.2) is 29.4 Å². The Bertz CT molecular complexity index is 976. The first-order chi connectivity index (χ1) is 11.4. The molecule has 4 rings (SSSR count). The van der Waals surface area contributed by atoms with Crippen LogP contribution in [-0.2, 0) is 6.42 Å². The Kier molecular flexibility index (Phi) is 3.21. The van der Waals surface area contributed by atoms with Crippen molar-refractivity contribution in [1.82, 2.24) is 15.0 Å². The fraction of sp³-hybridized carbons (Fsp3) is 0.400. The molecule has 2 aromatic heterocycles. The van der Waals surface area contributed by atoms with Gasteiger partial charge in [0.15, 0.2) is 0 Å².